The number of hydrogen-bond donors (Lipinski definition) is 1. The van der Waals surface area contributed by atoms with Crippen LogP contribution in [0.2, 0.25) is 0 Å². The SMILES string of the molecule is CNc1nc(-c2cccc(OC)c2OC)nc(N(C)C)n1. The molecular formula is C14H19N5O2. The van der Waals surface area contributed by atoms with Crippen LogP contribution in [0.3, 0.4) is 0 Å². The molecule has 21 heavy (non-hydrogen) atoms. The van der Waals surface area contributed by atoms with Crippen LogP contribution in [0.5, 0.6) is 11.5 Å². The summed E-state index contributed by atoms with van der Waals surface area (Å²) in [5, 5.41) is 2.94. The van der Waals surface area contributed by atoms with Gasteiger partial charge in [-0.1, -0.05) is 6.07 Å². The molecular weight excluding hydrogens is 270 g/mol. The smallest absolute Gasteiger partial charge is 0.230 e. The third-order valence-corrected chi connectivity index (χ3v) is 2.89. The van der Waals surface area contributed by atoms with Crippen molar-refractivity contribution >= 4 is 11.9 Å². The standard InChI is InChI=1S/C14H19N5O2/c1-15-13-16-12(17-14(18-13)19(2)3)9-7-6-8-10(20-4)11(9)21-5/h6-8H,1-5H3,(H,15,16,17,18). The van der Waals surface area contributed by atoms with Gasteiger partial charge in [0.1, 0.15) is 0 Å². The minimum Gasteiger partial charge on any atom is -0.493 e. The number of anilines is 2. The Labute approximate surface area is 124 Å². The first kappa shape index (κ1) is 14.8. The van der Waals surface area contributed by atoms with E-state index < -0.39 is 0 Å². The van der Waals surface area contributed by atoms with Gasteiger partial charge in [0, 0.05) is 21.1 Å². The van der Waals surface area contributed by atoms with Gasteiger partial charge in [0.2, 0.25) is 11.9 Å². The third-order valence-electron chi connectivity index (χ3n) is 2.89. The Morgan fingerprint density at radius 3 is 2.38 bits per heavy atom. The van der Waals surface area contributed by atoms with Gasteiger partial charge in [-0.3, -0.25) is 0 Å². The predicted molar refractivity (Wildman–Crippen MR) is 82.2 cm³/mol. The van der Waals surface area contributed by atoms with Crippen LogP contribution in [0.15, 0.2) is 18.2 Å². The predicted octanol–water partition coefficient (Wildman–Crippen LogP) is 1.66. The van der Waals surface area contributed by atoms with Crippen molar-refractivity contribution in [2.45, 2.75) is 0 Å². The maximum absolute atomic E-state index is 5.44. The van der Waals surface area contributed by atoms with E-state index in [9.17, 15) is 0 Å². The fourth-order valence-electron chi connectivity index (χ4n) is 1.86. The van der Waals surface area contributed by atoms with Crippen molar-refractivity contribution in [1.29, 1.82) is 0 Å². The van der Waals surface area contributed by atoms with Crippen LogP contribution in [0.4, 0.5) is 11.9 Å². The second-order valence-electron chi connectivity index (χ2n) is 4.47. The maximum atomic E-state index is 5.44. The van der Waals surface area contributed by atoms with Crippen LogP contribution < -0.4 is 19.7 Å². The van der Waals surface area contributed by atoms with Crippen LogP contribution in [-0.2, 0) is 0 Å². The molecule has 0 saturated carbocycles. The third kappa shape index (κ3) is 2.96. The monoisotopic (exact) mass is 289 g/mol. The lowest BCUT2D eigenvalue weighted by Crippen LogP contribution is -2.15. The highest BCUT2D eigenvalue weighted by atomic mass is 16.5. The molecule has 0 unspecified atom stereocenters. The number of aromatic nitrogens is 3. The van der Waals surface area contributed by atoms with Crippen molar-refractivity contribution in [1.82, 2.24) is 15.0 Å². The van der Waals surface area contributed by atoms with E-state index in [1.54, 1.807) is 21.3 Å². The first-order valence-corrected chi connectivity index (χ1v) is 6.43. The van der Waals surface area contributed by atoms with Gasteiger partial charge in [-0.15, -0.1) is 0 Å². The number of ether oxygens (including phenoxy) is 2. The number of benzene rings is 1. The van der Waals surface area contributed by atoms with Gasteiger partial charge < -0.3 is 19.7 Å². The maximum Gasteiger partial charge on any atom is 0.230 e. The molecule has 0 aliphatic rings. The first-order chi connectivity index (χ1) is 10.1. The largest absolute Gasteiger partial charge is 0.493 e. The van der Waals surface area contributed by atoms with E-state index >= 15 is 0 Å². The Kier molecular flexibility index (Phi) is 4.42. The average molecular weight is 289 g/mol. The van der Waals surface area contributed by atoms with Crippen molar-refractivity contribution in [3.8, 4) is 22.9 Å². The molecule has 7 heteroatoms. The summed E-state index contributed by atoms with van der Waals surface area (Å²) in [6, 6.07) is 5.58. The number of nitrogens with zero attached hydrogens (tertiary/aromatic N) is 4. The minimum atomic E-state index is 0.494. The van der Waals surface area contributed by atoms with Gasteiger partial charge in [-0.2, -0.15) is 15.0 Å². The van der Waals surface area contributed by atoms with Gasteiger partial charge in [-0.25, -0.2) is 0 Å². The molecule has 0 aliphatic heterocycles. The molecule has 7 nitrogen and oxygen atoms in total. The molecule has 1 heterocycles. The molecule has 0 amide bonds. The van der Waals surface area contributed by atoms with Gasteiger partial charge >= 0.3 is 0 Å². The fourth-order valence-corrected chi connectivity index (χ4v) is 1.86. The molecule has 0 saturated heterocycles. The molecule has 0 fully saturated rings. The molecule has 1 aromatic heterocycles. The number of hydrogen-bond acceptors (Lipinski definition) is 7. The zero-order valence-electron chi connectivity index (χ0n) is 12.8. The summed E-state index contributed by atoms with van der Waals surface area (Å²) in [5.74, 6) is 2.81. The van der Waals surface area contributed by atoms with Gasteiger partial charge in [0.25, 0.3) is 0 Å². The van der Waals surface area contributed by atoms with Crippen LogP contribution in [0, 0.1) is 0 Å². The Morgan fingerprint density at radius 2 is 1.81 bits per heavy atom. The lowest BCUT2D eigenvalue weighted by atomic mass is 10.1. The van der Waals surface area contributed by atoms with E-state index in [-0.39, 0.29) is 0 Å². The lowest BCUT2D eigenvalue weighted by Gasteiger charge is -2.15. The molecule has 1 N–H and O–H groups in total. The zero-order valence-corrected chi connectivity index (χ0v) is 12.8. The summed E-state index contributed by atoms with van der Waals surface area (Å²) < 4.78 is 10.7. The molecule has 0 radical (unpaired) electrons. The Bertz CT molecular complexity index is 631. The highest BCUT2D eigenvalue weighted by Crippen LogP contribution is 2.36. The Morgan fingerprint density at radius 1 is 1.05 bits per heavy atom. The summed E-state index contributed by atoms with van der Waals surface area (Å²) in [6.07, 6.45) is 0. The van der Waals surface area contributed by atoms with Gasteiger partial charge in [-0.05, 0) is 12.1 Å². The van der Waals surface area contributed by atoms with Crippen LogP contribution in [0.25, 0.3) is 11.4 Å². The average Bonchev–Trinajstić information content (AvgIpc) is 2.53. The highest BCUT2D eigenvalue weighted by molar-refractivity contribution is 5.70. The van der Waals surface area contributed by atoms with Crippen molar-refractivity contribution in [3.05, 3.63) is 18.2 Å². The Hall–Kier alpha value is -2.57. The number of methoxy groups -OCH3 is 2. The van der Waals surface area contributed by atoms with Gasteiger partial charge in [0.15, 0.2) is 17.3 Å². The van der Waals surface area contributed by atoms with E-state index in [1.807, 2.05) is 37.2 Å². The van der Waals surface area contributed by atoms with Crippen molar-refractivity contribution in [2.75, 3.05) is 45.6 Å². The molecule has 0 bridgehead atoms. The second-order valence-corrected chi connectivity index (χ2v) is 4.47. The second kappa shape index (κ2) is 6.25. The number of para-hydroxylation sites is 1. The molecule has 0 atom stereocenters. The Balaban J connectivity index is 2.63. The highest BCUT2D eigenvalue weighted by Gasteiger charge is 2.16. The summed E-state index contributed by atoms with van der Waals surface area (Å²) in [7, 11) is 8.71. The van der Waals surface area contributed by atoms with E-state index in [4.69, 9.17) is 9.47 Å². The van der Waals surface area contributed by atoms with Crippen LogP contribution in [0.1, 0.15) is 0 Å². The van der Waals surface area contributed by atoms with Crippen LogP contribution in [-0.4, -0.2) is 50.3 Å². The van der Waals surface area contributed by atoms with Crippen molar-refractivity contribution in [2.24, 2.45) is 0 Å². The molecule has 112 valence electrons. The number of rotatable bonds is 5. The summed E-state index contributed by atoms with van der Waals surface area (Å²) >= 11 is 0. The van der Waals surface area contributed by atoms with Crippen molar-refractivity contribution in [3.63, 3.8) is 0 Å². The molecule has 0 spiro atoms. The van der Waals surface area contributed by atoms with Crippen LogP contribution >= 0.6 is 0 Å². The summed E-state index contributed by atoms with van der Waals surface area (Å²) in [6.45, 7) is 0. The molecule has 2 rings (SSSR count). The van der Waals surface area contributed by atoms with E-state index in [0.717, 1.165) is 5.56 Å². The lowest BCUT2D eigenvalue weighted by molar-refractivity contribution is 0.356. The van der Waals surface area contributed by atoms with Gasteiger partial charge in [0.05, 0.1) is 19.8 Å². The quantitative estimate of drug-likeness (QED) is 0.897. The van der Waals surface area contributed by atoms with E-state index in [0.29, 0.717) is 29.2 Å². The fraction of sp³-hybridized carbons (Fsp3) is 0.357. The van der Waals surface area contributed by atoms with E-state index in [1.165, 1.54) is 0 Å². The van der Waals surface area contributed by atoms with E-state index in [2.05, 4.69) is 20.3 Å². The topological polar surface area (TPSA) is 72.4 Å². The molecule has 2 aromatic rings. The van der Waals surface area contributed by atoms with Crippen molar-refractivity contribution < 1.29 is 9.47 Å². The molecule has 1 aromatic carbocycles. The normalized spacial score (nSPS) is 10.1. The minimum absolute atomic E-state index is 0.494. The first-order valence-electron chi connectivity index (χ1n) is 6.43. The zero-order chi connectivity index (χ0) is 15.4. The molecule has 0 aliphatic carbocycles. The summed E-state index contributed by atoms with van der Waals surface area (Å²) in [5.41, 5.74) is 0.749. The summed E-state index contributed by atoms with van der Waals surface area (Å²) in [4.78, 5) is 15.0. The number of nitrogens with one attached hydrogen (secondary N) is 1.